The maximum absolute atomic E-state index is 4.00. The lowest BCUT2D eigenvalue weighted by atomic mass is 9.92. The quantitative estimate of drug-likeness (QED) is 0.507. The van der Waals surface area contributed by atoms with Gasteiger partial charge in [-0.25, -0.2) is 0 Å². The second kappa shape index (κ2) is 2.81. The van der Waals surface area contributed by atoms with E-state index in [0.717, 1.165) is 18.3 Å². The minimum atomic E-state index is 0.725. The molecule has 0 fully saturated rings. The Labute approximate surface area is 56.5 Å². The Kier molecular flexibility index (Phi) is 2.04. The van der Waals surface area contributed by atoms with E-state index in [4.69, 9.17) is 0 Å². The van der Waals surface area contributed by atoms with Crippen molar-refractivity contribution in [3.63, 3.8) is 0 Å². The molecule has 1 heterocycles. The molecule has 1 atom stereocenters. The van der Waals surface area contributed by atoms with Gasteiger partial charge in [-0.05, 0) is 18.3 Å². The van der Waals surface area contributed by atoms with E-state index in [1.165, 1.54) is 0 Å². The Morgan fingerprint density at radius 2 is 2.33 bits per heavy atom. The van der Waals surface area contributed by atoms with E-state index in [1.807, 2.05) is 12.4 Å². The van der Waals surface area contributed by atoms with E-state index < -0.39 is 0 Å². The average molecular weight is 123 g/mol. The van der Waals surface area contributed by atoms with Gasteiger partial charge in [0.15, 0.2) is 0 Å². The molecule has 0 aromatic rings. The molecule has 9 heavy (non-hydrogen) atoms. The number of allylic oxidation sites excluding steroid dienone is 1. The van der Waals surface area contributed by atoms with Crippen molar-refractivity contribution in [3.05, 3.63) is 12.3 Å². The van der Waals surface area contributed by atoms with Crippen LogP contribution < -0.4 is 0 Å². The van der Waals surface area contributed by atoms with Crippen molar-refractivity contribution in [2.75, 3.05) is 0 Å². The molecule has 0 saturated carbocycles. The largest absolute Gasteiger partial charge is 0.269 e. The molecule has 1 heteroatoms. The fourth-order valence-corrected chi connectivity index (χ4v) is 0.977. The minimum absolute atomic E-state index is 0.725. The summed E-state index contributed by atoms with van der Waals surface area (Å²) in [5.74, 6) is 1.48. The van der Waals surface area contributed by atoms with Gasteiger partial charge in [-0.3, -0.25) is 4.99 Å². The molecule has 50 valence electrons. The molecule has 1 nitrogen and oxygen atoms in total. The van der Waals surface area contributed by atoms with Crippen LogP contribution in [0.25, 0.3) is 0 Å². The number of rotatable bonds is 1. The number of aliphatic imine (C=N–C) groups is 1. The van der Waals surface area contributed by atoms with Crippen molar-refractivity contribution in [1.82, 2.24) is 0 Å². The standard InChI is InChI=1S/C8H13N/c1-7(2)8-3-5-9-6-4-8/h3,5-8H,4H2,1-2H3/t8-/m1/s1. The molecule has 0 saturated heterocycles. The molecule has 0 radical (unpaired) electrons. The van der Waals surface area contributed by atoms with E-state index in [-0.39, 0.29) is 0 Å². The van der Waals surface area contributed by atoms with Crippen LogP contribution in [0.5, 0.6) is 0 Å². The molecule has 0 aromatic carbocycles. The van der Waals surface area contributed by atoms with Crippen LogP contribution in [0.15, 0.2) is 17.3 Å². The summed E-state index contributed by atoms with van der Waals surface area (Å²) in [5, 5.41) is 0. The summed E-state index contributed by atoms with van der Waals surface area (Å²) in [6.07, 6.45) is 7.19. The van der Waals surface area contributed by atoms with Gasteiger partial charge in [-0.2, -0.15) is 0 Å². The molecule has 1 rings (SSSR count). The Morgan fingerprint density at radius 3 is 2.67 bits per heavy atom. The van der Waals surface area contributed by atoms with Gasteiger partial charge in [-0.15, -0.1) is 0 Å². The zero-order chi connectivity index (χ0) is 6.69. The topological polar surface area (TPSA) is 12.4 Å². The normalized spacial score (nSPS) is 25.4. The fourth-order valence-electron chi connectivity index (χ4n) is 0.977. The minimum Gasteiger partial charge on any atom is -0.269 e. The van der Waals surface area contributed by atoms with Gasteiger partial charge in [0, 0.05) is 12.4 Å². The molecule has 0 N–H and O–H groups in total. The summed E-state index contributed by atoms with van der Waals surface area (Å²) in [6.45, 7) is 4.49. The van der Waals surface area contributed by atoms with Crippen molar-refractivity contribution in [3.8, 4) is 0 Å². The molecule has 0 spiro atoms. The van der Waals surface area contributed by atoms with E-state index in [0.29, 0.717) is 0 Å². The van der Waals surface area contributed by atoms with Crippen LogP contribution in [0.2, 0.25) is 0 Å². The first-order valence-corrected chi connectivity index (χ1v) is 3.49. The highest BCUT2D eigenvalue weighted by molar-refractivity contribution is 5.60. The third-order valence-electron chi connectivity index (χ3n) is 1.76. The first-order chi connectivity index (χ1) is 4.30. The summed E-state index contributed by atoms with van der Waals surface area (Å²) < 4.78 is 0. The molecule has 0 amide bonds. The van der Waals surface area contributed by atoms with E-state index in [1.54, 1.807) is 0 Å². The van der Waals surface area contributed by atoms with E-state index in [2.05, 4.69) is 24.9 Å². The summed E-state index contributed by atoms with van der Waals surface area (Å²) in [6, 6.07) is 0. The van der Waals surface area contributed by atoms with Gasteiger partial charge < -0.3 is 0 Å². The van der Waals surface area contributed by atoms with Gasteiger partial charge in [0.25, 0.3) is 0 Å². The summed E-state index contributed by atoms with van der Waals surface area (Å²) >= 11 is 0. The molecule has 0 aromatic heterocycles. The van der Waals surface area contributed by atoms with E-state index in [9.17, 15) is 0 Å². The lowest BCUT2D eigenvalue weighted by Crippen LogP contribution is -2.07. The monoisotopic (exact) mass is 123 g/mol. The fraction of sp³-hybridized carbons (Fsp3) is 0.625. The maximum Gasteiger partial charge on any atom is 0.0226 e. The molecule has 0 aliphatic carbocycles. The van der Waals surface area contributed by atoms with Crippen molar-refractivity contribution in [2.24, 2.45) is 16.8 Å². The highest BCUT2D eigenvalue weighted by Crippen LogP contribution is 2.17. The zero-order valence-electron chi connectivity index (χ0n) is 6.04. The van der Waals surface area contributed by atoms with Gasteiger partial charge >= 0.3 is 0 Å². The van der Waals surface area contributed by atoms with Crippen LogP contribution in [0.3, 0.4) is 0 Å². The van der Waals surface area contributed by atoms with Gasteiger partial charge in [-0.1, -0.05) is 19.9 Å². The highest BCUT2D eigenvalue weighted by Gasteiger charge is 2.08. The summed E-state index contributed by atoms with van der Waals surface area (Å²) in [5.41, 5.74) is 0. The Balaban J connectivity index is 2.46. The lowest BCUT2D eigenvalue weighted by Gasteiger charge is -2.15. The first kappa shape index (κ1) is 6.53. The smallest absolute Gasteiger partial charge is 0.0226 e. The van der Waals surface area contributed by atoms with Crippen LogP contribution >= 0.6 is 0 Å². The highest BCUT2D eigenvalue weighted by atomic mass is 14.7. The van der Waals surface area contributed by atoms with Crippen molar-refractivity contribution in [2.45, 2.75) is 20.3 Å². The number of hydrogen-bond donors (Lipinski definition) is 0. The Bertz CT molecular complexity index is 134. The SMILES string of the molecule is CC(C)[C@@H]1C=CN=CC1. The molecule has 1 aliphatic heterocycles. The van der Waals surface area contributed by atoms with Crippen molar-refractivity contribution in [1.29, 1.82) is 0 Å². The summed E-state index contributed by atoms with van der Waals surface area (Å²) in [4.78, 5) is 4.00. The Hall–Kier alpha value is -0.590. The van der Waals surface area contributed by atoms with Gasteiger partial charge in [0.1, 0.15) is 0 Å². The van der Waals surface area contributed by atoms with Crippen molar-refractivity contribution >= 4 is 6.21 Å². The van der Waals surface area contributed by atoms with Crippen LogP contribution in [-0.4, -0.2) is 6.21 Å². The van der Waals surface area contributed by atoms with Gasteiger partial charge in [0.2, 0.25) is 0 Å². The predicted octanol–water partition coefficient (Wildman–Crippen LogP) is 2.25. The predicted molar refractivity (Wildman–Crippen MR) is 40.6 cm³/mol. The average Bonchev–Trinajstić information content (AvgIpc) is 1.90. The van der Waals surface area contributed by atoms with Crippen molar-refractivity contribution < 1.29 is 0 Å². The maximum atomic E-state index is 4.00. The third kappa shape index (κ3) is 1.67. The molecular weight excluding hydrogens is 110 g/mol. The number of hydrogen-bond acceptors (Lipinski definition) is 1. The second-order valence-electron chi connectivity index (χ2n) is 2.82. The lowest BCUT2D eigenvalue weighted by molar-refractivity contribution is 0.479. The first-order valence-electron chi connectivity index (χ1n) is 3.49. The summed E-state index contributed by atoms with van der Waals surface area (Å²) in [7, 11) is 0. The Morgan fingerprint density at radius 1 is 1.56 bits per heavy atom. The zero-order valence-corrected chi connectivity index (χ0v) is 6.04. The molecular formula is C8H13N. The van der Waals surface area contributed by atoms with Crippen LogP contribution in [-0.2, 0) is 0 Å². The number of nitrogens with zero attached hydrogens (tertiary/aromatic N) is 1. The third-order valence-corrected chi connectivity index (χ3v) is 1.76. The van der Waals surface area contributed by atoms with Crippen LogP contribution in [0, 0.1) is 11.8 Å². The van der Waals surface area contributed by atoms with Gasteiger partial charge in [0.05, 0.1) is 0 Å². The molecule has 0 bridgehead atoms. The van der Waals surface area contributed by atoms with E-state index >= 15 is 0 Å². The molecule has 0 unspecified atom stereocenters. The molecule has 1 aliphatic rings. The van der Waals surface area contributed by atoms with Crippen LogP contribution in [0.1, 0.15) is 20.3 Å². The van der Waals surface area contributed by atoms with Crippen LogP contribution in [0.4, 0.5) is 0 Å². The second-order valence-corrected chi connectivity index (χ2v) is 2.82.